The van der Waals surface area contributed by atoms with Crippen LogP contribution in [-0.4, -0.2) is 20.6 Å². The number of pyridine rings is 1. The highest BCUT2D eigenvalue weighted by atomic mass is 79.9. The second kappa shape index (κ2) is 4.69. The maximum atomic E-state index is 12.4. The zero-order valence-corrected chi connectivity index (χ0v) is 10.7. The highest BCUT2D eigenvalue weighted by molar-refractivity contribution is 9.10. The first-order valence-electron chi connectivity index (χ1n) is 4.94. The van der Waals surface area contributed by atoms with Gasteiger partial charge < -0.3 is 9.67 Å². The van der Waals surface area contributed by atoms with Gasteiger partial charge in [0.15, 0.2) is 0 Å². The number of carbonyl (C=O) groups is 1. The monoisotopic (exact) mass is 334 g/mol. The summed E-state index contributed by atoms with van der Waals surface area (Å²) in [6.07, 6.45) is -2.11. The van der Waals surface area contributed by atoms with E-state index in [0.717, 1.165) is 18.3 Å². The Morgan fingerprint density at radius 2 is 2.05 bits per heavy atom. The van der Waals surface area contributed by atoms with Crippen molar-refractivity contribution in [2.24, 2.45) is 0 Å². The molecule has 0 saturated carbocycles. The molecule has 4 nitrogen and oxygen atoms in total. The van der Waals surface area contributed by atoms with Crippen molar-refractivity contribution in [1.29, 1.82) is 0 Å². The molecular weight excluding hydrogens is 329 g/mol. The second-order valence-corrected chi connectivity index (χ2v) is 4.53. The zero-order valence-electron chi connectivity index (χ0n) is 9.15. The molecule has 2 aromatic rings. The molecule has 0 bridgehead atoms. The Bertz CT molecular complexity index is 620. The first-order valence-corrected chi connectivity index (χ1v) is 5.73. The fourth-order valence-electron chi connectivity index (χ4n) is 1.50. The molecular formula is C11H6BrF3N2O2. The third kappa shape index (κ3) is 2.78. The smallest absolute Gasteiger partial charge is 0.433 e. The number of carboxylic acid groups (broad SMARTS) is 1. The SMILES string of the molecule is O=C(O)c1cc(Br)cn1-c1ccc(C(F)(F)F)nc1. The molecule has 19 heavy (non-hydrogen) atoms. The molecule has 8 heteroatoms. The van der Waals surface area contributed by atoms with Gasteiger partial charge in [0.05, 0.1) is 11.9 Å². The van der Waals surface area contributed by atoms with Gasteiger partial charge >= 0.3 is 12.1 Å². The number of rotatable bonds is 2. The normalized spacial score (nSPS) is 11.6. The molecule has 0 atom stereocenters. The molecule has 2 aromatic heterocycles. The first kappa shape index (κ1) is 13.6. The average molecular weight is 335 g/mol. The van der Waals surface area contributed by atoms with Crippen LogP contribution < -0.4 is 0 Å². The molecule has 2 heterocycles. The summed E-state index contributed by atoms with van der Waals surface area (Å²) in [5, 5.41) is 8.98. The molecule has 0 spiro atoms. The molecule has 0 aromatic carbocycles. The van der Waals surface area contributed by atoms with E-state index >= 15 is 0 Å². The van der Waals surface area contributed by atoms with E-state index in [4.69, 9.17) is 5.11 Å². The third-order valence-electron chi connectivity index (χ3n) is 2.32. The van der Waals surface area contributed by atoms with Gasteiger partial charge in [-0.15, -0.1) is 0 Å². The highest BCUT2D eigenvalue weighted by Crippen LogP contribution is 2.28. The summed E-state index contributed by atoms with van der Waals surface area (Å²) in [5.74, 6) is -1.19. The minimum Gasteiger partial charge on any atom is -0.477 e. The Balaban J connectivity index is 2.46. The third-order valence-corrected chi connectivity index (χ3v) is 2.76. The van der Waals surface area contributed by atoms with Crippen molar-refractivity contribution < 1.29 is 23.1 Å². The van der Waals surface area contributed by atoms with E-state index in [-0.39, 0.29) is 11.4 Å². The van der Waals surface area contributed by atoms with Gasteiger partial charge in [-0.3, -0.25) is 0 Å². The van der Waals surface area contributed by atoms with E-state index < -0.39 is 17.8 Å². The van der Waals surface area contributed by atoms with Crippen LogP contribution in [-0.2, 0) is 6.18 Å². The highest BCUT2D eigenvalue weighted by Gasteiger charge is 2.32. The van der Waals surface area contributed by atoms with Crippen molar-refractivity contribution >= 4 is 21.9 Å². The van der Waals surface area contributed by atoms with Gasteiger partial charge in [-0.1, -0.05) is 0 Å². The van der Waals surface area contributed by atoms with Crippen LogP contribution in [0.2, 0.25) is 0 Å². The van der Waals surface area contributed by atoms with Gasteiger partial charge in [-0.05, 0) is 34.1 Å². The number of aromatic nitrogens is 2. The fraction of sp³-hybridized carbons (Fsp3) is 0.0909. The Kier molecular flexibility index (Phi) is 3.36. The van der Waals surface area contributed by atoms with Crippen molar-refractivity contribution in [3.05, 3.63) is 46.5 Å². The van der Waals surface area contributed by atoms with Crippen molar-refractivity contribution in [2.45, 2.75) is 6.18 Å². The predicted molar refractivity (Wildman–Crippen MR) is 63.2 cm³/mol. The van der Waals surface area contributed by atoms with Crippen LogP contribution >= 0.6 is 15.9 Å². The van der Waals surface area contributed by atoms with Crippen molar-refractivity contribution in [1.82, 2.24) is 9.55 Å². The molecule has 0 aliphatic heterocycles. The molecule has 0 aliphatic carbocycles. The Labute approximate surface area is 113 Å². The number of carboxylic acids is 1. The predicted octanol–water partition coefficient (Wildman–Crippen LogP) is 3.35. The van der Waals surface area contributed by atoms with Crippen LogP contribution in [0.5, 0.6) is 0 Å². The summed E-state index contributed by atoms with van der Waals surface area (Å²) in [6.45, 7) is 0. The van der Waals surface area contributed by atoms with E-state index in [1.54, 1.807) is 0 Å². The Hall–Kier alpha value is -1.83. The molecule has 0 saturated heterocycles. The standard InChI is InChI=1S/C11H6BrF3N2O2/c12-6-3-8(10(18)19)17(5-6)7-1-2-9(16-4-7)11(13,14)15/h1-5H,(H,18,19). The quantitative estimate of drug-likeness (QED) is 0.916. The fourth-order valence-corrected chi connectivity index (χ4v) is 1.93. The van der Waals surface area contributed by atoms with Gasteiger partial charge in [0.1, 0.15) is 11.4 Å². The molecule has 1 N–H and O–H groups in total. The van der Waals surface area contributed by atoms with Crippen LogP contribution in [0.25, 0.3) is 5.69 Å². The van der Waals surface area contributed by atoms with Gasteiger partial charge in [0, 0.05) is 10.7 Å². The number of halogens is 4. The van der Waals surface area contributed by atoms with E-state index in [0.29, 0.717) is 4.47 Å². The first-order chi connectivity index (χ1) is 8.79. The molecule has 0 unspecified atom stereocenters. The van der Waals surface area contributed by atoms with Crippen LogP contribution in [0.3, 0.4) is 0 Å². The molecule has 2 rings (SSSR count). The number of hydrogen-bond donors (Lipinski definition) is 1. The number of alkyl halides is 3. The maximum Gasteiger partial charge on any atom is 0.433 e. The largest absolute Gasteiger partial charge is 0.477 e. The van der Waals surface area contributed by atoms with Crippen LogP contribution in [0.15, 0.2) is 35.1 Å². The van der Waals surface area contributed by atoms with Gasteiger partial charge in [0.2, 0.25) is 0 Å². The van der Waals surface area contributed by atoms with E-state index in [9.17, 15) is 18.0 Å². The summed E-state index contributed by atoms with van der Waals surface area (Å²) < 4.78 is 38.8. The minimum atomic E-state index is -4.52. The topological polar surface area (TPSA) is 55.1 Å². The number of aromatic carboxylic acids is 1. The summed E-state index contributed by atoms with van der Waals surface area (Å²) in [5.41, 5.74) is -0.871. The average Bonchev–Trinajstić information content (AvgIpc) is 2.70. The Morgan fingerprint density at radius 1 is 1.37 bits per heavy atom. The lowest BCUT2D eigenvalue weighted by Crippen LogP contribution is -2.10. The van der Waals surface area contributed by atoms with Gasteiger partial charge in [-0.25, -0.2) is 9.78 Å². The van der Waals surface area contributed by atoms with Crippen molar-refractivity contribution in [2.75, 3.05) is 0 Å². The number of nitrogens with zero attached hydrogens (tertiary/aromatic N) is 2. The minimum absolute atomic E-state index is 0.0755. The van der Waals surface area contributed by atoms with Crippen molar-refractivity contribution in [3.8, 4) is 5.69 Å². The van der Waals surface area contributed by atoms with E-state index in [1.165, 1.54) is 16.8 Å². The van der Waals surface area contributed by atoms with E-state index in [2.05, 4.69) is 20.9 Å². The molecule has 0 fully saturated rings. The van der Waals surface area contributed by atoms with Gasteiger partial charge in [-0.2, -0.15) is 13.2 Å². The second-order valence-electron chi connectivity index (χ2n) is 3.62. The Morgan fingerprint density at radius 3 is 2.53 bits per heavy atom. The summed E-state index contributed by atoms with van der Waals surface area (Å²) in [4.78, 5) is 14.3. The van der Waals surface area contributed by atoms with Gasteiger partial charge in [0.25, 0.3) is 0 Å². The lowest BCUT2D eigenvalue weighted by molar-refractivity contribution is -0.141. The maximum absolute atomic E-state index is 12.4. The lowest BCUT2D eigenvalue weighted by Gasteiger charge is -2.08. The van der Waals surface area contributed by atoms with E-state index in [1.807, 2.05) is 0 Å². The summed E-state index contributed by atoms with van der Waals surface area (Å²) in [6, 6.07) is 3.31. The summed E-state index contributed by atoms with van der Waals surface area (Å²) >= 11 is 3.11. The number of hydrogen-bond acceptors (Lipinski definition) is 2. The lowest BCUT2D eigenvalue weighted by atomic mass is 10.3. The molecule has 0 radical (unpaired) electrons. The van der Waals surface area contributed by atoms with Crippen molar-refractivity contribution in [3.63, 3.8) is 0 Å². The van der Waals surface area contributed by atoms with Crippen LogP contribution in [0.1, 0.15) is 16.2 Å². The zero-order chi connectivity index (χ0) is 14.2. The van der Waals surface area contributed by atoms with Crippen LogP contribution in [0, 0.1) is 0 Å². The molecule has 0 amide bonds. The van der Waals surface area contributed by atoms with Crippen LogP contribution in [0.4, 0.5) is 13.2 Å². The molecule has 100 valence electrons. The molecule has 0 aliphatic rings. The summed E-state index contributed by atoms with van der Waals surface area (Å²) in [7, 11) is 0.